The molecule has 0 spiro atoms. The van der Waals surface area contributed by atoms with E-state index in [1.54, 1.807) is 6.92 Å². The smallest absolute Gasteiger partial charge is 0.328 e. The third-order valence-electron chi connectivity index (χ3n) is 4.42. The van der Waals surface area contributed by atoms with Gasteiger partial charge in [0.05, 0.1) is 12.7 Å². The van der Waals surface area contributed by atoms with Gasteiger partial charge in [0.2, 0.25) is 0 Å². The number of carbonyl (C=O) groups excluding carboxylic acids is 1. The zero-order chi connectivity index (χ0) is 19.1. The summed E-state index contributed by atoms with van der Waals surface area (Å²) in [6.45, 7) is 2.39. The molecule has 0 aliphatic heterocycles. The van der Waals surface area contributed by atoms with Gasteiger partial charge in [-0.15, -0.1) is 0 Å². The van der Waals surface area contributed by atoms with E-state index < -0.39 is 11.9 Å². The highest BCUT2D eigenvalue weighted by Crippen LogP contribution is 2.31. The molecule has 0 radical (unpaired) electrons. The van der Waals surface area contributed by atoms with E-state index in [1.165, 1.54) is 6.21 Å². The van der Waals surface area contributed by atoms with Crippen molar-refractivity contribution in [1.82, 2.24) is 4.98 Å². The zero-order valence-electron chi connectivity index (χ0n) is 15.1. The van der Waals surface area contributed by atoms with Gasteiger partial charge in [-0.05, 0) is 24.1 Å². The van der Waals surface area contributed by atoms with E-state index >= 15 is 0 Å². The molecular formula is C22H21N3O2. The van der Waals surface area contributed by atoms with E-state index in [1.807, 2.05) is 48.7 Å². The maximum atomic E-state index is 11.8. The summed E-state index contributed by atoms with van der Waals surface area (Å²) in [5.74, 6) is -1.53. The van der Waals surface area contributed by atoms with E-state index in [0.29, 0.717) is 6.54 Å². The van der Waals surface area contributed by atoms with Gasteiger partial charge in [-0.25, -0.2) is 0 Å². The second-order valence-corrected chi connectivity index (χ2v) is 6.13. The summed E-state index contributed by atoms with van der Waals surface area (Å²) >= 11 is 0. The number of hydrogen-bond acceptors (Lipinski definition) is 4. The van der Waals surface area contributed by atoms with Gasteiger partial charge in [0.1, 0.15) is 0 Å². The first-order valence-corrected chi connectivity index (χ1v) is 8.91. The van der Waals surface area contributed by atoms with Crippen LogP contribution in [0.4, 0.5) is 0 Å². The van der Waals surface area contributed by atoms with Crippen LogP contribution in [-0.2, 0) is 9.53 Å². The van der Waals surface area contributed by atoms with Crippen molar-refractivity contribution in [3.8, 4) is 6.07 Å². The standard InChI is InChI=1S/C22H21N3O2/c1-2-27-22(26)17(12-23)13-24-14-19(16-8-4-3-5-9-16)20-15-25-21-11-7-6-10-18(20)21/h3-11,13,15,17,19,25H,2,14H2,1H3/t17-,19-/m1/s1. The van der Waals surface area contributed by atoms with Gasteiger partial charge in [-0.1, -0.05) is 48.5 Å². The molecule has 0 bridgehead atoms. The van der Waals surface area contributed by atoms with Crippen LogP contribution >= 0.6 is 0 Å². The summed E-state index contributed by atoms with van der Waals surface area (Å²) in [5.41, 5.74) is 3.33. The lowest BCUT2D eigenvalue weighted by Crippen LogP contribution is -2.18. The lowest BCUT2D eigenvalue weighted by molar-refractivity contribution is -0.143. The molecule has 0 aliphatic carbocycles. The number of nitriles is 1. The number of carbonyl (C=O) groups is 1. The molecule has 2 aromatic carbocycles. The highest BCUT2D eigenvalue weighted by Gasteiger charge is 2.19. The van der Waals surface area contributed by atoms with Crippen molar-refractivity contribution in [2.45, 2.75) is 12.8 Å². The monoisotopic (exact) mass is 359 g/mol. The average molecular weight is 359 g/mol. The van der Waals surface area contributed by atoms with Crippen LogP contribution in [0.1, 0.15) is 24.0 Å². The Morgan fingerprint density at radius 2 is 1.96 bits per heavy atom. The van der Waals surface area contributed by atoms with Gasteiger partial charge in [-0.2, -0.15) is 5.26 Å². The van der Waals surface area contributed by atoms with Gasteiger partial charge in [0.15, 0.2) is 5.92 Å². The molecule has 3 rings (SSSR count). The lowest BCUT2D eigenvalue weighted by atomic mass is 9.91. The van der Waals surface area contributed by atoms with E-state index in [4.69, 9.17) is 4.74 Å². The molecule has 1 N–H and O–H groups in total. The Hall–Kier alpha value is -3.39. The number of H-pyrrole nitrogens is 1. The first-order chi connectivity index (χ1) is 13.2. The van der Waals surface area contributed by atoms with Crippen molar-refractivity contribution >= 4 is 23.1 Å². The van der Waals surface area contributed by atoms with Gasteiger partial charge in [-0.3, -0.25) is 9.79 Å². The fraction of sp³-hybridized carbons (Fsp3) is 0.227. The van der Waals surface area contributed by atoms with Gasteiger partial charge in [0, 0.05) is 35.8 Å². The molecule has 3 aromatic rings. The molecule has 136 valence electrons. The van der Waals surface area contributed by atoms with Crippen molar-refractivity contribution in [2.24, 2.45) is 10.9 Å². The van der Waals surface area contributed by atoms with Crippen molar-refractivity contribution < 1.29 is 9.53 Å². The minimum Gasteiger partial charge on any atom is -0.465 e. The number of benzene rings is 2. The highest BCUT2D eigenvalue weighted by atomic mass is 16.5. The largest absolute Gasteiger partial charge is 0.465 e. The van der Waals surface area contributed by atoms with Crippen molar-refractivity contribution in [3.63, 3.8) is 0 Å². The maximum absolute atomic E-state index is 11.8. The van der Waals surface area contributed by atoms with Crippen LogP contribution in [0.15, 0.2) is 65.8 Å². The number of hydrogen-bond donors (Lipinski definition) is 1. The van der Waals surface area contributed by atoms with Gasteiger partial charge < -0.3 is 9.72 Å². The molecule has 0 unspecified atom stereocenters. The van der Waals surface area contributed by atoms with Crippen molar-refractivity contribution in [1.29, 1.82) is 5.26 Å². The summed E-state index contributed by atoms with van der Waals surface area (Å²) in [6, 6.07) is 20.2. The molecule has 27 heavy (non-hydrogen) atoms. The van der Waals surface area contributed by atoms with E-state index in [2.05, 4.69) is 28.2 Å². The first-order valence-electron chi connectivity index (χ1n) is 8.91. The molecule has 2 atom stereocenters. The van der Waals surface area contributed by atoms with E-state index in [0.717, 1.165) is 22.0 Å². The number of para-hydroxylation sites is 1. The molecule has 5 nitrogen and oxygen atoms in total. The SMILES string of the molecule is CCOC(=O)[C@H](C#N)C=NC[C@H](c1ccccc1)c1c[nH]c2ccccc12. The molecular weight excluding hydrogens is 338 g/mol. The second-order valence-electron chi connectivity index (χ2n) is 6.13. The van der Waals surface area contributed by atoms with Crippen LogP contribution in [0, 0.1) is 17.2 Å². The average Bonchev–Trinajstić information content (AvgIpc) is 3.13. The zero-order valence-corrected chi connectivity index (χ0v) is 15.1. The third-order valence-corrected chi connectivity index (χ3v) is 4.42. The van der Waals surface area contributed by atoms with Crippen LogP contribution in [0.25, 0.3) is 10.9 Å². The number of ether oxygens (including phenoxy) is 1. The van der Waals surface area contributed by atoms with Crippen LogP contribution in [0.3, 0.4) is 0 Å². The summed E-state index contributed by atoms with van der Waals surface area (Å²) < 4.78 is 4.91. The predicted octanol–water partition coefficient (Wildman–Crippen LogP) is 4.07. The molecule has 0 saturated carbocycles. The van der Waals surface area contributed by atoms with Crippen LogP contribution in [0.5, 0.6) is 0 Å². The molecule has 1 heterocycles. The number of nitrogens with one attached hydrogen (secondary N) is 1. The number of esters is 1. The molecule has 0 amide bonds. The fourth-order valence-electron chi connectivity index (χ4n) is 3.10. The van der Waals surface area contributed by atoms with E-state index in [-0.39, 0.29) is 12.5 Å². The summed E-state index contributed by atoms with van der Waals surface area (Å²) in [4.78, 5) is 19.5. The predicted molar refractivity (Wildman–Crippen MR) is 106 cm³/mol. The highest BCUT2D eigenvalue weighted by molar-refractivity contribution is 5.93. The first kappa shape index (κ1) is 18.4. The Balaban J connectivity index is 1.89. The minimum absolute atomic E-state index is 0.0140. The Bertz CT molecular complexity index is 970. The Kier molecular flexibility index (Phi) is 6.01. The molecule has 0 saturated heterocycles. The maximum Gasteiger partial charge on any atom is 0.328 e. The number of aromatic amines is 1. The summed E-state index contributed by atoms with van der Waals surface area (Å²) in [6.07, 6.45) is 3.40. The number of nitrogens with zero attached hydrogens (tertiary/aromatic N) is 2. The van der Waals surface area contributed by atoms with Crippen LogP contribution in [0.2, 0.25) is 0 Å². The topological polar surface area (TPSA) is 78.2 Å². The fourth-order valence-corrected chi connectivity index (χ4v) is 3.10. The third kappa shape index (κ3) is 4.24. The van der Waals surface area contributed by atoms with Crippen molar-refractivity contribution in [2.75, 3.05) is 13.2 Å². The Morgan fingerprint density at radius 1 is 1.22 bits per heavy atom. The molecule has 1 aromatic heterocycles. The number of fused-ring (bicyclic) bond motifs is 1. The lowest BCUT2D eigenvalue weighted by Gasteiger charge is -2.15. The number of rotatable bonds is 7. The normalized spacial score (nSPS) is 13.3. The van der Waals surface area contributed by atoms with Gasteiger partial charge in [0.25, 0.3) is 0 Å². The summed E-state index contributed by atoms with van der Waals surface area (Å²) in [7, 11) is 0. The Labute approximate surface area is 158 Å². The van der Waals surface area contributed by atoms with Crippen LogP contribution < -0.4 is 0 Å². The molecule has 5 heteroatoms. The van der Waals surface area contributed by atoms with E-state index in [9.17, 15) is 10.1 Å². The minimum atomic E-state index is -0.982. The molecule has 0 fully saturated rings. The number of aliphatic imine (C=N–C) groups is 1. The van der Waals surface area contributed by atoms with Crippen LogP contribution in [-0.4, -0.2) is 30.3 Å². The number of aromatic nitrogens is 1. The second kappa shape index (κ2) is 8.81. The molecule has 0 aliphatic rings. The van der Waals surface area contributed by atoms with Gasteiger partial charge >= 0.3 is 5.97 Å². The summed E-state index contributed by atoms with van der Waals surface area (Å²) in [5, 5.41) is 10.3. The quantitative estimate of drug-likeness (QED) is 0.510. The van der Waals surface area contributed by atoms with Crippen molar-refractivity contribution in [3.05, 3.63) is 71.9 Å². The Morgan fingerprint density at radius 3 is 2.70 bits per heavy atom.